The molecule has 0 fully saturated rings. The molecule has 1 aliphatic rings. The Labute approximate surface area is 115 Å². The smallest absolute Gasteiger partial charge is 0.192 e. The van der Waals surface area contributed by atoms with Crippen molar-refractivity contribution in [2.45, 2.75) is 12.6 Å². The van der Waals surface area contributed by atoms with E-state index < -0.39 is 0 Å². The lowest BCUT2D eigenvalue weighted by Crippen LogP contribution is -2.35. The van der Waals surface area contributed by atoms with Crippen molar-refractivity contribution >= 4 is 17.3 Å². The van der Waals surface area contributed by atoms with Crippen LogP contribution in [0.2, 0.25) is 0 Å². The van der Waals surface area contributed by atoms with Crippen molar-refractivity contribution in [3.05, 3.63) is 58.0 Å². The van der Waals surface area contributed by atoms with Gasteiger partial charge in [-0.05, 0) is 29.1 Å². The van der Waals surface area contributed by atoms with Crippen molar-refractivity contribution in [1.29, 1.82) is 0 Å². The van der Waals surface area contributed by atoms with E-state index in [9.17, 15) is 4.39 Å². The molecule has 1 unspecified atom stereocenters. The summed E-state index contributed by atoms with van der Waals surface area (Å²) < 4.78 is 13.0. The van der Waals surface area contributed by atoms with Gasteiger partial charge in [-0.2, -0.15) is 0 Å². The Morgan fingerprint density at radius 3 is 2.79 bits per heavy atom. The van der Waals surface area contributed by atoms with Crippen LogP contribution in [0.1, 0.15) is 16.5 Å². The van der Waals surface area contributed by atoms with Crippen LogP contribution in [0, 0.1) is 5.82 Å². The van der Waals surface area contributed by atoms with Crippen LogP contribution in [-0.2, 0) is 6.54 Å². The molecule has 98 valence electrons. The van der Waals surface area contributed by atoms with Gasteiger partial charge in [-0.3, -0.25) is 4.99 Å². The predicted molar refractivity (Wildman–Crippen MR) is 75.5 cm³/mol. The summed E-state index contributed by atoms with van der Waals surface area (Å²) in [6.07, 6.45) is 0. The molecule has 0 spiro atoms. The van der Waals surface area contributed by atoms with Gasteiger partial charge in [0.2, 0.25) is 0 Å². The first-order valence-corrected chi connectivity index (χ1v) is 6.96. The first-order chi connectivity index (χ1) is 9.24. The van der Waals surface area contributed by atoms with E-state index in [1.807, 2.05) is 11.4 Å². The molecule has 0 radical (unpaired) electrons. The first kappa shape index (κ1) is 12.2. The minimum Gasteiger partial charge on any atom is -0.370 e. The van der Waals surface area contributed by atoms with E-state index >= 15 is 0 Å². The SMILES string of the molecule is NC1=NCC(c2ccc(F)cc2)N1Cc1cccs1. The van der Waals surface area contributed by atoms with E-state index in [1.165, 1.54) is 17.0 Å². The predicted octanol–water partition coefficient (Wildman–Crippen LogP) is 2.76. The maximum atomic E-state index is 13.0. The number of benzene rings is 1. The zero-order chi connectivity index (χ0) is 13.2. The fourth-order valence-electron chi connectivity index (χ4n) is 2.26. The summed E-state index contributed by atoms with van der Waals surface area (Å²) in [6.45, 7) is 1.37. The zero-order valence-corrected chi connectivity index (χ0v) is 11.1. The van der Waals surface area contributed by atoms with Crippen molar-refractivity contribution in [2.75, 3.05) is 6.54 Å². The zero-order valence-electron chi connectivity index (χ0n) is 10.3. The second kappa shape index (κ2) is 5.01. The van der Waals surface area contributed by atoms with Crippen molar-refractivity contribution in [1.82, 2.24) is 4.90 Å². The van der Waals surface area contributed by atoms with Crippen LogP contribution in [0.3, 0.4) is 0 Å². The van der Waals surface area contributed by atoms with Crippen molar-refractivity contribution in [3.8, 4) is 0 Å². The number of aliphatic imine (C=N–C) groups is 1. The largest absolute Gasteiger partial charge is 0.370 e. The van der Waals surface area contributed by atoms with E-state index in [2.05, 4.69) is 16.0 Å². The normalized spacial score (nSPS) is 18.7. The summed E-state index contributed by atoms with van der Waals surface area (Å²) in [7, 11) is 0. The molecule has 19 heavy (non-hydrogen) atoms. The lowest BCUT2D eigenvalue weighted by Gasteiger charge is -2.26. The average Bonchev–Trinajstić information content (AvgIpc) is 3.03. The third kappa shape index (κ3) is 2.46. The lowest BCUT2D eigenvalue weighted by atomic mass is 10.1. The molecule has 3 nitrogen and oxygen atoms in total. The van der Waals surface area contributed by atoms with Crippen LogP contribution in [0.5, 0.6) is 0 Å². The fraction of sp³-hybridized carbons (Fsp3) is 0.214. The molecule has 0 bridgehead atoms. The van der Waals surface area contributed by atoms with Gasteiger partial charge in [-0.15, -0.1) is 11.3 Å². The number of rotatable bonds is 3. The standard InChI is InChI=1S/C14H14FN3S/c15-11-5-3-10(4-6-11)13-8-17-14(16)18(13)9-12-2-1-7-19-12/h1-7,13H,8-9H2,(H2,16,17). The molecule has 1 aliphatic heterocycles. The van der Waals surface area contributed by atoms with Gasteiger partial charge < -0.3 is 10.6 Å². The van der Waals surface area contributed by atoms with E-state index in [-0.39, 0.29) is 11.9 Å². The Kier molecular flexibility index (Phi) is 3.21. The summed E-state index contributed by atoms with van der Waals surface area (Å²) in [5.74, 6) is 0.336. The molecule has 0 saturated heterocycles. The van der Waals surface area contributed by atoms with Crippen LogP contribution >= 0.6 is 11.3 Å². The highest BCUT2D eigenvalue weighted by Crippen LogP contribution is 2.28. The fourth-order valence-corrected chi connectivity index (χ4v) is 2.96. The molecule has 1 atom stereocenters. The van der Waals surface area contributed by atoms with Gasteiger partial charge in [-0.1, -0.05) is 18.2 Å². The molecule has 1 aromatic carbocycles. The van der Waals surface area contributed by atoms with Gasteiger partial charge in [-0.25, -0.2) is 4.39 Å². The number of nitrogens with two attached hydrogens (primary N) is 1. The molecule has 5 heteroatoms. The Morgan fingerprint density at radius 1 is 1.32 bits per heavy atom. The minimum atomic E-state index is -0.222. The summed E-state index contributed by atoms with van der Waals surface area (Å²) in [4.78, 5) is 7.62. The number of hydrogen-bond donors (Lipinski definition) is 1. The molecule has 2 heterocycles. The van der Waals surface area contributed by atoms with E-state index in [1.54, 1.807) is 23.5 Å². The number of hydrogen-bond acceptors (Lipinski definition) is 4. The van der Waals surface area contributed by atoms with Crippen molar-refractivity contribution in [3.63, 3.8) is 0 Å². The van der Waals surface area contributed by atoms with Gasteiger partial charge >= 0.3 is 0 Å². The molecule has 2 N–H and O–H groups in total. The third-order valence-electron chi connectivity index (χ3n) is 3.26. The molecule has 0 amide bonds. The summed E-state index contributed by atoms with van der Waals surface area (Å²) >= 11 is 1.70. The topological polar surface area (TPSA) is 41.6 Å². The maximum absolute atomic E-state index is 13.0. The Balaban J connectivity index is 1.83. The summed E-state index contributed by atoms with van der Waals surface area (Å²) in [6, 6.07) is 10.8. The van der Waals surface area contributed by atoms with Crippen molar-refractivity contribution < 1.29 is 4.39 Å². The minimum absolute atomic E-state index is 0.0997. The van der Waals surface area contributed by atoms with Crippen LogP contribution in [0.4, 0.5) is 4.39 Å². The second-order valence-electron chi connectivity index (χ2n) is 4.47. The van der Waals surface area contributed by atoms with Gasteiger partial charge in [0.1, 0.15) is 5.82 Å². The van der Waals surface area contributed by atoms with Gasteiger partial charge in [0.25, 0.3) is 0 Å². The van der Waals surface area contributed by atoms with E-state index in [0.717, 1.165) is 12.1 Å². The second-order valence-corrected chi connectivity index (χ2v) is 5.51. The van der Waals surface area contributed by atoms with Crippen LogP contribution in [-0.4, -0.2) is 17.4 Å². The van der Waals surface area contributed by atoms with Gasteiger partial charge in [0, 0.05) is 4.88 Å². The van der Waals surface area contributed by atoms with Crippen molar-refractivity contribution in [2.24, 2.45) is 10.7 Å². The number of halogens is 1. The Bertz CT molecular complexity index is 577. The molecule has 0 aliphatic carbocycles. The molecule has 3 rings (SSSR count). The monoisotopic (exact) mass is 275 g/mol. The molecule has 1 aromatic heterocycles. The number of nitrogens with zero attached hydrogens (tertiary/aromatic N) is 2. The first-order valence-electron chi connectivity index (χ1n) is 6.08. The number of thiophene rings is 1. The highest BCUT2D eigenvalue weighted by molar-refractivity contribution is 7.09. The molecular weight excluding hydrogens is 261 g/mol. The molecule has 2 aromatic rings. The van der Waals surface area contributed by atoms with E-state index in [0.29, 0.717) is 12.5 Å². The Hall–Kier alpha value is -1.88. The number of guanidine groups is 1. The summed E-state index contributed by atoms with van der Waals surface area (Å²) in [5, 5.41) is 2.05. The van der Waals surface area contributed by atoms with Gasteiger partial charge in [0.05, 0.1) is 19.1 Å². The van der Waals surface area contributed by atoms with Crippen LogP contribution in [0.15, 0.2) is 46.8 Å². The van der Waals surface area contributed by atoms with Crippen LogP contribution < -0.4 is 5.73 Å². The Morgan fingerprint density at radius 2 is 2.11 bits per heavy atom. The highest BCUT2D eigenvalue weighted by atomic mass is 32.1. The molecular formula is C14H14FN3S. The lowest BCUT2D eigenvalue weighted by molar-refractivity contribution is 0.343. The third-order valence-corrected chi connectivity index (χ3v) is 4.12. The average molecular weight is 275 g/mol. The quantitative estimate of drug-likeness (QED) is 0.936. The molecule has 0 saturated carbocycles. The van der Waals surface area contributed by atoms with E-state index in [4.69, 9.17) is 5.73 Å². The van der Waals surface area contributed by atoms with Crippen LogP contribution in [0.25, 0.3) is 0 Å². The highest BCUT2D eigenvalue weighted by Gasteiger charge is 2.27. The summed E-state index contributed by atoms with van der Waals surface area (Å²) in [5.41, 5.74) is 7.00. The van der Waals surface area contributed by atoms with Gasteiger partial charge in [0.15, 0.2) is 5.96 Å². The maximum Gasteiger partial charge on any atom is 0.192 e.